The van der Waals surface area contributed by atoms with E-state index in [-0.39, 0.29) is 5.83 Å². The zero-order valence-electron chi connectivity index (χ0n) is 10.2. The summed E-state index contributed by atoms with van der Waals surface area (Å²) in [6, 6.07) is 9.57. The van der Waals surface area contributed by atoms with Crippen molar-refractivity contribution in [1.82, 2.24) is 0 Å². The standard InChI is InChI=1S/C14H19FO/c1-4-8-13(16-3)14(15)11(2)12-9-6-5-7-10-12/h5-7,9-10,13H,4,8H2,1-3H3/b14-11-. The summed E-state index contributed by atoms with van der Waals surface area (Å²) in [6.07, 6.45) is 1.21. The summed E-state index contributed by atoms with van der Waals surface area (Å²) in [5.74, 6) is -0.157. The molecule has 0 fully saturated rings. The molecule has 2 heteroatoms. The van der Waals surface area contributed by atoms with Crippen molar-refractivity contribution in [2.75, 3.05) is 7.11 Å². The smallest absolute Gasteiger partial charge is 0.132 e. The molecule has 0 saturated carbocycles. The quantitative estimate of drug-likeness (QED) is 0.725. The lowest BCUT2D eigenvalue weighted by Crippen LogP contribution is -2.12. The topological polar surface area (TPSA) is 9.23 Å². The van der Waals surface area contributed by atoms with Gasteiger partial charge in [0, 0.05) is 7.11 Å². The van der Waals surface area contributed by atoms with Gasteiger partial charge < -0.3 is 4.74 Å². The lowest BCUT2D eigenvalue weighted by Gasteiger charge is -2.14. The summed E-state index contributed by atoms with van der Waals surface area (Å²) in [6.45, 7) is 3.82. The van der Waals surface area contributed by atoms with Gasteiger partial charge >= 0.3 is 0 Å². The van der Waals surface area contributed by atoms with E-state index in [0.29, 0.717) is 12.0 Å². The third-order valence-electron chi connectivity index (χ3n) is 2.68. The molecule has 1 rings (SSSR count). The fraction of sp³-hybridized carbons (Fsp3) is 0.429. The van der Waals surface area contributed by atoms with Crippen molar-refractivity contribution in [3.63, 3.8) is 0 Å². The van der Waals surface area contributed by atoms with Gasteiger partial charge in [-0.1, -0.05) is 43.7 Å². The predicted molar refractivity (Wildman–Crippen MR) is 65.8 cm³/mol. The SMILES string of the molecule is CCCC(OC)/C(F)=C(\C)c1ccccc1. The summed E-state index contributed by atoms with van der Waals surface area (Å²) < 4.78 is 19.3. The normalized spacial score (nSPS) is 14.5. The fourth-order valence-corrected chi connectivity index (χ4v) is 1.68. The number of benzene rings is 1. The highest BCUT2D eigenvalue weighted by Gasteiger charge is 2.15. The van der Waals surface area contributed by atoms with Crippen LogP contribution in [0.2, 0.25) is 0 Å². The van der Waals surface area contributed by atoms with E-state index in [1.807, 2.05) is 37.3 Å². The molecule has 0 spiro atoms. The monoisotopic (exact) mass is 222 g/mol. The zero-order valence-corrected chi connectivity index (χ0v) is 10.2. The first kappa shape index (κ1) is 12.9. The van der Waals surface area contributed by atoms with Crippen molar-refractivity contribution in [2.45, 2.75) is 32.8 Å². The molecule has 0 aliphatic rings. The summed E-state index contributed by atoms with van der Waals surface area (Å²) >= 11 is 0. The molecular formula is C14H19FO. The first-order valence-electron chi connectivity index (χ1n) is 5.65. The Morgan fingerprint density at radius 3 is 2.44 bits per heavy atom. The van der Waals surface area contributed by atoms with Gasteiger partial charge in [-0.15, -0.1) is 0 Å². The van der Waals surface area contributed by atoms with Crippen LogP contribution in [0.4, 0.5) is 4.39 Å². The van der Waals surface area contributed by atoms with Gasteiger partial charge in [0.1, 0.15) is 11.9 Å². The first-order chi connectivity index (χ1) is 7.70. The number of ether oxygens (including phenoxy) is 1. The van der Waals surface area contributed by atoms with E-state index in [2.05, 4.69) is 0 Å². The third kappa shape index (κ3) is 3.17. The Hall–Kier alpha value is -1.15. The Morgan fingerprint density at radius 2 is 1.94 bits per heavy atom. The lowest BCUT2D eigenvalue weighted by molar-refractivity contribution is 0.105. The van der Waals surface area contributed by atoms with Crippen molar-refractivity contribution in [3.05, 3.63) is 41.7 Å². The van der Waals surface area contributed by atoms with Gasteiger partial charge in [-0.25, -0.2) is 4.39 Å². The van der Waals surface area contributed by atoms with Crippen molar-refractivity contribution < 1.29 is 9.13 Å². The van der Waals surface area contributed by atoms with Gasteiger partial charge in [-0.05, 0) is 24.5 Å². The number of methoxy groups -OCH3 is 1. The summed E-state index contributed by atoms with van der Waals surface area (Å²) in [4.78, 5) is 0. The minimum Gasteiger partial charge on any atom is -0.374 e. The van der Waals surface area contributed by atoms with Crippen LogP contribution in [0, 0.1) is 0 Å². The van der Waals surface area contributed by atoms with Gasteiger partial charge in [0.25, 0.3) is 0 Å². The van der Waals surface area contributed by atoms with Crippen LogP contribution in [0.3, 0.4) is 0 Å². The third-order valence-corrected chi connectivity index (χ3v) is 2.68. The Kier molecular flexibility index (Phi) is 5.20. The molecule has 1 unspecified atom stereocenters. The van der Waals surface area contributed by atoms with E-state index in [0.717, 1.165) is 12.0 Å². The molecule has 1 aromatic rings. The van der Waals surface area contributed by atoms with Crippen LogP contribution in [-0.4, -0.2) is 13.2 Å². The summed E-state index contributed by atoms with van der Waals surface area (Å²) in [5, 5.41) is 0. The van der Waals surface area contributed by atoms with Crippen LogP contribution in [0.25, 0.3) is 5.57 Å². The van der Waals surface area contributed by atoms with E-state index >= 15 is 0 Å². The molecule has 0 aliphatic heterocycles. The van der Waals surface area contributed by atoms with Crippen LogP contribution < -0.4 is 0 Å². The molecule has 1 atom stereocenters. The second kappa shape index (κ2) is 6.44. The number of rotatable bonds is 5. The van der Waals surface area contributed by atoms with Gasteiger partial charge in [-0.2, -0.15) is 0 Å². The number of hydrogen-bond donors (Lipinski definition) is 0. The highest BCUT2D eigenvalue weighted by atomic mass is 19.1. The first-order valence-corrected chi connectivity index (χ1v) is 5.65. The minimum atomic E-state index is -0.412. The molecule has 0 saturated heterocycles. The highest BCUT2D eigenvalue weighted by molar-refractivity contribution is 5.66. The van der Waals surface area contributed by atoms with Gasteiger partial charge in [0.2, 0.25) is 0 Å². The van der Waals surface area contributed by atoms with E-state index in [4.69, 9.17) is 4.74 Å². The minimum absolute atomic E-state index is 0.157. The molecule has 0 N–H and O–H groups in total. The van der Waals surface area contributed by atoms with E-state index < -0.39 is 6.10 Å². The van der Waals surface area contributed by atoms with Gasteiger partial charge in [0.15, 0.2) is 0 Å². The van der Waals surface area contributed by atoms with Crippen LogP contribution in [0.5, 0.6) is 0 Å². The van der Waals surface area contributed by atoms with Crippen molar-refractivity contribution >= 4 is 5.57 Å². The molecule has 0 bridgehead atoms. The Morgan fingerprint density at radius 1 is 1.31 bits per heavy atom. The molecule has 0 heterocycles. The molecule has 88 valence electrons. The molecule has 0 aliphatic carbocycles. The van der Waals surface area contributed by atoms with Crippen molar-refractivity contribution in [2.24, 2.45) is 0 Å². The number of halogens is 1. The van der Waals surface area contributed by atoms with Crippen LogP contribution in [-0.2, 0) is 4.74 Å². The summed E-state index contributed by atoms with van der Waals surface area (Å²) in [5.41, 5.74) is 1.58. The molecule has 0 radical (unpaired) electrons. The average Bonchev–Trinajstić information content (AvgIpc) is 2.35. The Labute approximate surface area is 96.9 Å². The molecular weight excluding hydrogens is 203 g/mol. The second-order valence-electron chi connectivity index (χ2n) is 3.85. The maximum Gasteiger partial charge on any atom is 0.132 e. The molecule has 16 heavy (non-hydrogen) atoms. The predicted octanol–water partition coefficient (Wildman–Crippen LogP) is 4.20. The van der Waals surface area contributed by atoms with Crippen LogP contribution in [0.15, 0.2) is 36.2 Å². The second-order valence-corrected chi connectivity index (χ2v) is 3.85. The Bertz CT molecular complexity index is 343. The van der Waals surface area contributed by atoms with Crippen molar-refractivity contribution in [3.8, 4) is 0 Å². The van der Waals surface area contributed by atoms with Crippen LogP contribution in [0.1, 0.15) is 32.3 Å². The number of allylic oxidation sites excluding steroid dienone is 1. The largest absolute Gasteiger partial charge is 0.374 e. The molecule has 1 nitrogen and oxygen atoms in total. The van der Waals surface area contributed by atoms with Gasteiger partial charge in [-0.3, -0.25) is 0 Å². The van der Waals surface area contributed by atoms with E-state index in [1.165, 1.54) is 0 Å². The van der Waals surface area contributed by atoms with Crippen molar-refractivity contribution in [1.29, 1.82) is 0 Å². The number of hydrogen-bond acceptors (Lipinski definition) is 1. The maximum atomic E-state index is 14.1. The zero-order chi connectivity index (χ0) is 12.0. The molecule has 0 aromatic heterocycles. The average molecular weight is 222 g/mol. The maximum absolute atomic E-state index is 14.1. The lowest BCUT2D eigenvalue weighted by atomic mass is 10.0. The highest BCUT2D eigenvalue weighted by Crippen LogP contribution is 2.24. The molecule has 1 aromatic carbocycles. The van der Waals surface area contributed by atoms with Gasteiger partial charge in [0.05, 0.1) is 0 Å². The van der Waals surface area contributed by atoms with Crippen LogP contribution >= 0.6 is 0 Å². The summed E-state index contributed by atoms with van der Waals surface area (Å²) in [7, 11) is 1.55. The fourth-order valence-electron chi connectivity index (χ4n) is 1.68. The van der Waals surface area contributed by atoms with E-state index in [1.54, 1.807) is 14.0 Å². The molecule has 0 amide bonds. The van der Waals surface area contributed by atoms with E-state index in [9.17, 15) is 4.39 Å². The Balaban J connectivity index is 2.94.